The third-order valence-electron chi connectivity index (χ3n) is 4.97. The molecule has 158 valence electrons. The predicted octanol–water partition coefficient (Wildman–Crippen LogP) is 3.73. The molecule has 4 rings (SSSR count). The summed E-state index contributed by atoms with van der Waals surface area (Å²) in [6.07, 6.45) is 0. The summed E-state index contributed by atoms with van der Waals surface area (Å²) in [6, 6.07) is 24.6. The molecular formula is C25H19N3O4. The van der Waals surface area contributed by atoms with Crippen molar-refractivity contribution in [3.8, 4) is 22.4 Å². The Morgan fingerprint density at radius 1 is 0.844 bits per heavy atom. The standard InChI is InChI=1S/C25H19N3O4/c29-23(26-15-16-11-13-19(14-12-16)25(31)32)21-20(17-7-3-1-4-8-17)22(27-28-24(21)30)18-9-5-2-6-10-18/h1-14H,15H2,(H,26,29)(H,28,30)(H,31,32). The lowest BCUT2D eigenvalue weighted by molar-refractivity contribution is 0.0696. The van der Waals surface area contributed by atoms with Gasteiger partial charge in [0.05, 0.1) is 11.3 Å². The average Bonchev–Trinajstić information content (AvgIpc) is 2.83. The molecule has 0 aliphatic carbocycles. The number of carbonyl (C=O) groups excluding carboxylic acids is 1. The molecule has 7 nitrogen and oxygen atoms in total. The number of hydrogen-bond donors (Lipinski definition) is 3. The van der Waals surface area contributed by atoms with Crippen molar-refractivity contribution in [1.29, 1.82) is 0 Å². The van der Waals surface area contributed by atoms with Crippen molar-refractivity contribution in [2.24, 2.45) is 0 Å². The van der Waals surface area contributed by atoms with Crippen molar-refractivity contribution in [3.63, 3.8) is 0 Å². The molecular weight excluding hydrogens is 406 g/mol. The zero-order valence-electron chi connectivity index (χ0n) is 16.9. The molecule has 0 spiro atoms. The first-order chi connectivity index (χ1) is 15.5. The topological polar surface area (TPSA) is 112 Å². The smallest absolute Gasteiger partial charge is 0.335 e. The van der Waals surface area contributed by atoms with Crippen molar-refractivity contribution in [1.82, 2.24) is 15.5 Å². The summed E-state index contributed by atoms with van der Waals surface area (Å²) in [6.45, 7) is 0.134. The third-order valence-corrected chi connectivity index (χ3v) is 4.97. The Bertz CT molecular complexity index is 1320. The van der Waals surface area contributed by atoms with E-state index in [1.807, 2.05) is 60.7 Å². The van der Waals surface area contributed by atoms with Gasteiger partial charge in [-0.1, -0.05) is 72.8 Å². The van der Waals surface area contributed by atoms with E-state index < -0.39 is 17.4 Å². The maximum absolute atomic E-state index is 13.1. The Hall–Kier alpha value is -4.52. The van der Waals surface area contributed by atoms with Gasteiger partial charge in [-0.05, 0) is 23.3 Å². The van der Waals surface area contributed by atoms with Crippen LogP contribution in [0.2, 0.25) is 0 Å². The molecule has 1 amide bonds. The summed E-state index contributed by atoms with van der Waals surface area (Å²) < 4.78 is 0. The van der Waals surface area contributed by atoms with Gasteiger partial charge in [0.25, 0.3) is 11.5 Å². The number of H-pyrrole nitrogens is 1. The fraction of sp³-hybridized carbons (Fsp3) is 0.0400. The van der Waals surface area contributed by atoms with Crippen LogP contribution in [0.5, 0.6) is 0 Å². The van der Waals surface area contributed by atoms with E-state index in [4.69, 9.17) is 5.11 Å². The lowest BCUT2D eigenvalue weighted by Gasteiger charge is -2.14. The Morgan fingerprint density at radius 3 is 2.03 bits per heavy atom. The molecule has 0 aliphatic heterocycles. The zero-order chi connectivity index (χ0) is 22.5. The van der Waals surface area contributed by atoms with E-state index in [1.54, 1.807) is 12.1 Å². The van der Waals surface area contributed by atoms with Crippen LogP contribution in [0.4, 0.5) is 0 Å². The molecule has 1 aromatic heterocycles. The molecule has 32 heavy (non-hydrogen) atoms. The Labute approximate surface area is 183 Å². The van der Waals surface area contributed by atoms with E-state index in [-0.39, 0.29) is 17.7 Å². The van der Waals surface area contributed by atoms with Crippen LogP contribution >= 0.6 is 0 Å². The minimum Gasteiger partial charge on any atom is -0.478 e. The molecule has 0 saturated carbocycles. The molecule has 3 aromatic carbocycles. The molecule has 0 saturated heterocycles. The minimum absolute atomic E-state index is 0.0350. The fourth-order valence-electron chi connectivity index (χ4n) is 3.39. The van der Waals surface area contributed by atoms with Crippen LogP contribution in [0.15, 0.2) is 89.7 Å². The van der Waals surface area contributed by atoms with Crippen LogP contribution in [0.1, 0.15) is 26.3 Å². The maximum Gasteiger partial charge on any atom is 0.335 e. The maximum atomic E-state index is 13.1. The number of rotatable bonds is 6. The molecule has 7 heteroatoms. The number of carboxylic acid groups (broad SMARTS) is 1. The number of aromatic nitrogens is 2. The number of carboxylic acids is 1. The molecule has 0 atom stereocenters. The number of aromatic carboxylic acids is 1. The molecule has 0 unspecified atom stereocenters. The monoisotopic (exact) mass is 425 g/mol. The van der Waals surface area contributed by atoms with E-state index in [1.165, 1.54) is 12.1 Å². The van der Waals surface area contributed by atoms with Crippen molar-refractivity contribution in [3.05, 3.63) is 112 Å². The van der Waals surface area contributed by atoms with E-state index in [9.17, 15) is 14.4 Å². The van der Waals surface area contributed by atoms with Gasteiger partial charge < -0.3 is 10.4 Å². The van der Waals surface area contributed by atoms with Crippen LogP contribution in [0, 0.1) is 0 Å². The van der Waals surface area contributed by atoms with Gasteiger partial charge in [-0.2, -0.15) is 5.10 Å². The molecule has 0 bridgehead atoms. The van der Waals surface area contributed by atoms with E-state index in [0.717, 1.165) is 5.56 Å². The number of nitrogens with one attached hydrogen (secondary N) is 2. The minimum atomic E-state index is -1.02. The lowest BCUT2D eigenvalue weighted by Crippen LogP contribution is -2.31. The zero-order valence-corrected chi connectivity index (χ0v) is 16.9. The van der Waals surface area contributed by atoms with Gasteiger partial charge >= 0.3 is 5.97 Å². The van der Waals surface area contributed by atoms with Crippen molar-refractivity contribution >= 4 is 11.9 Å². The predicted molar refractivity (Wildman–Crippen MR) is 120 cm³/mol. The molecule has 4 aromatic rings. The number of aromatic amines is 1. The third kappa shape index (κ3) is 4.32. The second-order valence-electron chi connectivity index (χ2n) is 7.07. The summed E-state index contributed by atoms with van der Waals surface area (Å²) in [5.74, 6) is -1.57. The summed E-state index contributed by atoms with van der Waals surface area (Å²) in [4.78, 5) is 36.9. The van der Waals surface area contributed by atoms with Gasteiger partial charge in [0.1, 0.15) is 5.56 Å². The molecule has 3 N–H and O–H groups in total. The van der Waals surface area contributed by atoms with E-state index in [0.29, 0.717) is 22.4 Å². The van der Waals surface area contributed by atoms with Crippen LogP contribution in [-0.2, 0) is 6.54 Å². The number of hydrogen-bond acceptors (Lipinski definition) is 4. The van der Waals surface area contributed by atoms with Gasteiger partial charge in [-0.25, -0.2) is 9.89 Å². The van der Waals surface area contributed by atoms with Crippen molar-refractivity contribution < 1.29 is 14.7 Å². The number of benzene rings is 3. The molecule has 0 fully saturated rings. The summed E-state index contributed by atoms with van der Waals surface area (Å²) in [5.41, 5.74) is 2.63. The largest absolute Gasteiger partial charge is 0.478 e. The van der Waals surface area contributed by atoms with Crippen molar-refractivity contribution in [2.45, 2.75) is 6.54 Å². The molecule has 1 heterocycles. The van der Waals surface area contributed by atoms with Gasteiger partial charge in [-0.15, -0.1) is 0 Å². The van der Waals surface area contributed by atoms with Gasteiger partial charge in [0, 0.05) is 17.7 Å². The number of amides is 1. The highest BCUT2D eigenvalue weighted by Crippen LogP contribution is 2.31. The Morgan fingerprint density at radius 2 is 1.44 bits per heavy atom. The number of carbonyl (C=O) groups is 2. The summed E-state index contributed by atoms with van der Waals surface area (Å²) in [7, 11) is 0. The fourth-order valence-corrected chi connectivity index (χ4v) is 3.39. The lowest BCUT2D eigenvalue weighted by atomic mass is 9.95. The van der Waals surface area contributed by atoms with Crippen LogP contribution in [0.3, 0.4) is 0 Å². The highest BCUT2D eigenvalue weighted by atomic mass is 16.4. The normalized spacial score (nSPS) is 10.5. The highest BCUT2D eigenvalue weighted by molar-refractivity contribution is 6.03. The average molecular weight is 425 g/mol. The first kappa shape index (κ1) is 20.7. The second kappa shape index (κ2) is 9.09. The van der Waals surface area contributed by atoms with Gasteiger partial charge in [0.2, 0.25) is 0 Å². The Balaban J connectivity index is 1.73. The SMILES string of the molecule is O=C(O)c1ccc(CNC(=O)c2c(-c3ccccc3)c(-c3ccccc3)n[nH]c2=O)cc1. The van der Waals surface area contributed by atoms with Crippen LogP contribution in [-0.4, -0.2) is 27.2 Å². The number of nitrogens with zero attached hydrogens (tertiary/aromatic N) is 1. The summed E-state index contributed by atoms with van der Waals surface area (Å²) >= 11 is 0. The van der Waals surface area contributed by atoms with E-state index >= 15 is 0 Å². The first-order valence-electron chi connectivity index (χ1n) is 9.88. The molecule has 0 radical (unpaired) electrons. The van der Waals surface area contributed by atoms with Gasteiger partial charge in [0.15, 0.2) is 0 Å². The van der Waals surface area contributed by atoms with Crippen LogP contribution < -0.4 is 10.9 Å². The quantitative estimate of drug-likeness (QED) is 0.436. The van der Waals surface area contributed by atoms with E-state index in [2.05, 4.69) is 15.5 Å². The van der Waals surface area contributed by atoms with Crippen LogP contribution in [0.25, 0.3) is 22.4 Å². The van der Waals surface area contributed by atoms with Crippen molar-refractivity contribution in [2.75, 3.05) is 0 Å². The Kier molecular flexibility index (Phi) is 5.89. The van der Waals surface area contributed by atoms with Gasteiger partial charge in [-0.3, -0.25) is 9.59 Å². The first-order valence-corrected chi connectivity index (χ1v) is 9.88. The molecule has 0 aliphatic rings. The summed E-state index contributed by atoms with van der Waals surface area (Å²) in [5, 5.41) is 18.5. The second-order valence-corrected chi connectivity index (χ2v) is 7.07. The highest BCUT2D eigenvalue weighted by Gasteiger charge is 2.22.